The zero-order chi connectivity index (χ0) is 18.5. The van der Waals surface area contributed by atoms with E-state index in [1.165, 1.54) is 23.5 Å². The zero-order valence-corrected chi connectivity index (χ0v) is 15.1. The van der Waals surface area contributed by atoms with Crippen LogP contribution in [0.25, 0.3) is 16.8 Å². The van der Waals surface area contributed by atoms with E-state index in [0.717, 1.165) is 22.6 Å². The first-order valence-electron chi connectivity index (χ1n) is 7.84. The van der Waals surface area contributed by atoms with E-state index in [9.17, 15) is 9.65 Å². The van der Waals surface area contributed by atoms with Crippen LogP contribution < -0.4 is 10.1 Å². The van der Waals surface area contributed by atoms with Gasteiger partial charge in [-0.3, -0.25) is 0 Å². The van der Waals surface area contributed by atoms with Gasteiger partial charge in [0.25, 0.3) is 0 Å². The van der Waals surface area contributed by atoms with Crippen LogP contribution in [0.5, 0.6) is 5.75 Å². The van der Waals surface area contributed by atoms with E-state index in [1.807, 2.05) is 36.6 Å². The highest BCUT2D eigenvalue weighted by atomic mass is 32.1. The normalized spacial score (nSPS) is 11.1. The SMILES string of the molecule is COc1cccc(-c2csc(C(C#N)=CNc3cc(F)ccc3C)n2)c1. The number of rotatable bonds is 5. The minimum Gasteiger partial charge on any atom is -0.497 e. The van der Waals surface area contributed by atoms with Crippen LogP contribution in [0.4, 0.5) is 10.1 Å². The van der Waals surface area contributed by atoms with Gasteiger partial charge in [0.2, 0.25) is 0 Å². The molecule has 6 heteroatoms. The number of allylic oxidation sites excluding steroid dienone is 1. The highest BCUT2D eigenvalue weighted by Crippen LogP contribution is 2.28. The molecule has 0 bridgehead atoms. The Morgan fingerprint density at radius 2 is 2.15 bits per heavy atom. The molecule has 0 saturated heterocycles. The molecule has 0 spiro atoms. The molecule has 26 heavy (non-hydrogen) atoms. The number of nitrogens with one attached hydrogen (secondary N) is 1. The molecule has 1 N–H and O–H groups in total. The molecule has 130 valence electrons. The minimum absolute atomic E-state index is 0.334. The summed E-state index contributed by atoms with van der Waals surface area (Å²) in [6, 6.07) is 14.2. The molecule has 0 fully saturated rings. The summed E-state index contributed by atoms with van der Waals surface area (Å²) in [5.41, 5.74) is 3.57. The van der Waals surface area contributed by atoms with Crippen molar-refractivity contribution in [3.8, 4) is 23.1 Å². The first kappa shape index (κ1) is 17.6. The second-order valence-electron chi connectivity index (χ2n) is 5.54. The number of ether oxygens (including phenoxy) is 1. The van der Waals surface area contributed by atoms with Crippen LogP contribution in [0, 0.1) is 24.1 Å². The van der Waals surface area contributed by atoms with Crippen LogP contribution in [0.1, 0.15) is 10.6 Å². The molecule has 0 radical (unpaired) electrons. The van der Waals surface area contributed by atoms with Crippen molar-refractivity contribution >= 4 is 22.6 Å². The fourth-order valence-corrected chi connectivity index (χ4v) is 3.15. The molecular weight excluding hydrogens is 349 g/mol. The summed E-state index contributed by atoms with van der Waals surface area (Å²) in [4.78, 5) is 4.54. The highest BCUT2D eigenvalue weighted by Gasteiger charge is 2.10. The number of methoxy groups -OCH3 is 1. The number of hydrogen-bond donors (Lipinski definition) is 1. The summed E-state index contributed by atoms with van der Waals surface area (Å²) in [7, 11) is 1.61. The molecule has 0 aliphatic carbocycles. The number of aryl methyl sites for hydroxylation is 1. The topological polar surface area (TPSA) is 57.9 Å². The van der Waals surface area contributed by atoms with E-state index in [2.05, 4.69) is 16.4 Å². The second-order valence-corrected chi connectivity index (χ2v) is 6.40. The molecule has 0 atom stereocenters. The summed E-state index contributed by atoms with van der Waals surface area (Å²) in [5, 5.41) is 14.9. The Bertz CT molecular complexity index is 1000. The van der Waals surface area contributed by atoms with Gasteiger partial charge >= 0.3 is 0 Å². The number of nitrogens with zero attached hydrogens (tertiary/aromatic N) is 2. The Morgan fingerprint density at radius 1 is 1.31 bits per heavy atom. The number of hydrogen-bond acceptors (Lipinski definition) is 5. The molecule has 0 unspecified atom stereocenters. The Balaban J connectivity index is 1.86. The Hall–Kier alpha value is -3.17. The largest absolute Gasteiger partial charge is 0.497 e. The van der Waals surface area contributed by atoms with Crippen molar-refractivity contribution in [2.75, 3.05) is 12.4 Å². The van der Waals surface area contributed by atoms with Gasteiger partial charge in [-0.1, -0.05) is 18.2 Å². The lowest BCUT2D eigenvalue weighted by Gasteiger charge is -2.05. The summed E-state index contributed by atoms with van der Waals surface area (Å²) < 4.78 is 18.6. The van der Waals surface area contributed by atoms with Crippen molar-refractivity contribution in [3.05, 3.63) is 70.4 Å². The maximum absolute atomic E-state index is 13.4. The van der Waals surface area contributed by atoms with Gasteiger partial charge in [-0.25, -0.2) is 9.37 Å². The zero-order valence-electron chi connectivity index (χ0n) is 14.3. The Morgan fingerprint density at radius 3 is 2.92 bits per heavy atom. The first-order valence-corrected chi connectivity index (χ1v) is 8.72. The van der Waals surface area contributed by atoms with Crippen LogP contribution in [0.3, 0.4) is 0 Å². The third kappa shape index (κ3) is 3.90. The van der Waals surface area contributed by atoms with Gasteiger partial charge in [-0.15, -0.1) is 11.3 Å². The quantitative estimate of drug-likeness (QED) is 0.628. The smallest absolute Gasteiger partial charge is 0.136 e. The van der Waals surface area contributed by atoms with Gasteiger partial charge in [0.05, 0.1) is 12.8 Å². The van der Waals surface area contributed by atoms with Crippen LogP contribution in [-0.4, -0.2) is 12.1 Å². The first-order chi connectivity index (χ1) is 12.6. The Kier molecular flexibility index (Phi) is 5.30. The third-order valence-corrected chi connectivity index (χ3v) is 4.67. The van der Waals surface area contributed by atoms with Gasteiger partial charge in [0.1, 0.15) is 28.2 Å². The van der Waals surface area contributed by atoms with Crippen LogP contribution in [0.2, 0.25) is 0 Å². The molecule has 1 heterocycles. The number of thiazole rings is 1. The van der Waals surface area contributed by atoms with Gasteiger partial charge < -0.3 is 10.1 Å². The van der Waals surface area contributed by atoms with Crippen LogP contribution in [-0.2, 0) is 0 Å². The van der Waals surface area contributed by atoms with Crippen molar-refractivity contribution in [1.29, 1.82) is 5.26 Å². The predicted octanol–water partition coefficient (Wildman–Crippen LogP) is 5.24. The van der Waals surface area contributed by atoms with Crippen molar-refractivity contribution in [2.24, 2.45) is 0 Å². The number of halogens is 1. The average Bonchev–Trinajstić information content (AvgIpc) is 3.15. The van der Waals surface area contributed by atoms with Gasteiger partial charge in [-0.2, -0.15) is 5.26 Å². The maximum Gasteiger partial charge on any atom is 0.136 e. The molecule has 3 rings (SSSR count). The van der Waals surface area contributed by atoms with Crippen molar-refractivity contribution < 1.29 is 9.13 Å². The summed E-state index contributed by atoms with van der Waals surface area (Å²) in [5.74, 6) is 0.413. The number of nitriles is 1. The molecule has 0 aliphatic rings. The lowest BCUT2D eigenvalue weighted by molar-refractivity contribution is 0.415. The van der Waals surface area contributed by atoms with Crippen LogP contribution >= 0.6 is 11.3 Å². The molecule has 3 aromatic rings. The van der Waals surface area contributed by atoms with E-state index in [-0.39, 0.29) is 5.82 Å². The van der Waals surface area contributed by atoms with Crippen molar-refractivity contribution in [1.82, 2.24) is 4.98 Å². The molecule has 1 aromatic heterocycles. The summed E-state index contributed by atoms with van der Waals surface area (Å²) in [6.07, 6.45) is 1.55. The molecule has 2 aromatic carbocycles. The Labute approximate surface area is 155 Å². The van der Waals surface area contributed by atoms with E-state index < -0.39 is 0 Å². The standard InChI is InChI=1S/C20H16FN3OS/c1-13-6-7-16(21)9-18(13)23-11-15(10-22)20-24-19(12-26-20)14-4-3-5-17(8-14)25-2/h3-9,11-12,23H,1-2H3. The predicted molar refractivity (Wildman–Crippen MR) is 102 cm³/mol. The summed E-state index contributed by atoms with van der Waals surface area (Å²) >= 11 is 1.38. The second kappa shape index (κ2) is 7.81. The lowest BCUT2D eigenvalue weighted by atomic mass is 10.1. The number of benzene rings is 2. The van der Waals surface area contributed by atoms with E-state index in [1.54, 1.807) is 19.4 Å². The molecular formula is C20H16FN3OS. The average molecular weight is 365 g/mol. The van der Waals surface area contributed by atoms with Crippen molar-refractivity contribution in [2.45, 2.75) is 6.92 Å². The van der Waals surface area contributed by atoms with E-state index in [0.29, 0.717) is 16.3 Å². The number of aromatic nitrogens is 1. The highest BCUT2D eigenvalue weighted by molar-refractivity contribution is 7.11. The maximum atomic E-state index is 13.4. The molecule has 0 amide bonds. The van der Waals surface area contributed by atoms with Gasteiger partial charge in [0.15, 0.2) is 0 Å². The van der Waals surface area contributed by atoms with Crippen LogP contribution in [0.15, 0.2) is 54.0 Å². The fraction of sp³-hybridized carbons (Fsp3) is 0.100. The van der Waals surface area contributed by atoms with Gasteiger partial charge in [0, 0.05) is 22.8 Å². The monoisotopic (exact) mass is 365 g/mol. The minimum atomic E-state index is -0.334. The molecule has 4 nitrogen and oxygen atoms in total. The lowest BCUT2D eigenvalue weighted by Crippen LogP contribution is -1.94. The van der Waals surface area contributed by atoms with Gasteiger partial charge in [-0.05, 0) is 36.8 Å². The number of anilines is 1. The van der Waals surface area contributed by atoms with E-state index >= 15 is 0 Å². The van der Waals surface area contributed by atoms with E-state index in [4.69, 9.17) is 4.74 Å². The summed E-state index contributed by atoms with van der Waals surface area (Å²) in [6.45, 7) is 1.87. The molecule has 0 aliphatic heterocycles. The molecule has 0 saturated carbocycles. The fourth-order valence-electron chi connectivity index (χ4n) is 2.35. The third-order valence-electron chi connectivity index (χ3n) is 3.79. The van der Waals surface area contributed by atoms with Crippen molar-refractivity contribution in [3.63, 3.8) is 0 Å².